The molecule has 0 bridgehead atoms. The van der Waals surface area contributed by atoms with Gasteiger partial charge in [-0.15, -0.1) is 0 Å². The second-order valence-corrected chi connectivity index (χ2v) is 5.66. The van der Waals surface area contributed by atoms with Crippen molar-refractivity contribution in [1.29, 1.82) is 0 Å². The molecule has 98 valence electrons. The number of rotatable bonds is 3. The average molecular weight is 239 g/mol. The monoisotopic (exact) mass is 239 g/mol. The summed E-state index contributed by atoms with van der Waals surface area (Å²) in [5.41, 5.74) is 11.3. The van der Waals surface area contributed by atoms with Gasteiger partial charge in [0.05, 0.1) is 5.41 Å². The smallest absolute Gasteiger partial charge is 0.230 e. The summed E-state index contributed by atoms with van der Waals surface area (Å²) in [6.45, 7) is 3.03. The van der Waals surface area contributed by atoms with Crippen LogP contribution in [0.15, 0.2) is 0 Å². The molecule has 0 aromatic rings. The highest BCUT2D eigenvalue weighted by Crippen LogP contribution is 2.39. The number of hydrogen-bond donors (Lipinski definition) is 2. The van der Waals surface area contributed by atoms with Crippen LogP contribution < -0.4 is 11.5 Å². The molecule has 1 aliphatic heterocycles. The van der Waals surface area contributed by atoms with E-state index in [0.29, 0.717) is 18.4 Å². The third kappa shape index (κ3) is 2.47. The van der Waals surface area contributed by atoms with Crippen molar-refractivity contribution in [2.24, 2.45) is 22.8 Å². The molecule has 0 unspecified atom stereocenters. The van der Waals surface area contributed by atoms with Gasteiger partial charge in [-0.25, -0.2) is 0 Å². The van der Waals surface area contributed by atoms with Crippen molar-refractivity contribution in [2.75, 3.05) is 26.2 Å². The maximum Gasteiger partial charge on any atom is 0.230 e. The van der Waals surface area contributed by atoms with E-state index in [1.165, 1.54) is 0 Å². The van der Waals surface area contributed by atoms with Gasteiger partial charge in [-0.2, -0.15) is 0 Å². The van der Waals surface area contributed by atoms with Crippen molar-refractivity contribution in [2.45, 2.75) is 38.5 Å². The summed E-state index contributed by atoms with van der Waals surface area (Å²) in [6, 6.07) is 0. The van der Waals surface area contributed by atoms with E-state index in [1.54, 1.807) is 0 Å². The Hall–Kier alpha value is -0.610. The van der Waals surface area contributed by atoms with Crippen LogP contribution in [0.1, 0.15) is 38.5 Å². The van der Waals surface area contributed by atoms with E-state index in [9.17, 15) is 4.79 Å². The molecule has 1 aliphatic carbocycles. The van der Waals surface area contributed by atoms with Crippen LogP contribution in [0.25, 0.3) is 0 Å². The van der Waals surface area contributed by atoms with Crippen LogP contribution in [-0.2, 0) is 4.79 Å². The fraction of sp³-hybridized carbons (Fsp3) is 0.923. The van der Waals surface area contributed by atoms with Crippen LogP contribution >= 0.6 is 0 Å². The van der Waals surface area contributed by atoms with Gasteiger partial charge >= 0.3 is 0 Å². The summed E-state index contributed by atoms with van der Waals surface area (Å²) in [4.78, 5) is 14.6. The predicted octanol–water partition coefficient (Wildman–Crippen LogP) is 0.703. The van der Waals surface area contributed by atoms with Gasteiger partial charge in [-0.1, -0.05) is 12.8 Å². The van der Waals surface area contributed by atoms with E-state index in [0.717, 1.165) is 58.2 Å². The molecule has 0 atom stereocenters. The highest BCUT2D eigenvalue weighted by molar-refractivity contribution is 5.83. The number of carbonyl (C=O) groups is 1. The van der Waals surface area contributed by atoms with Crippen LogP contribution in [0, 0.1) is 11.3 Å². The maximum atomic E-state index is 12.6. The molecule has 2 aliphatic rings. The Labute approximate surface area is 104 Å². The minimum atomic E-state index is -0.227. The molecule has 4 heteroatoms. The second kappa shape index (κ2) is 5.36. The van der Waals surface area contributed by atoms with Crippen molar-refractivity contribution in [3.63, 3.8) is 0 Å². The van der Waals surface area contributed by atoms with Gasteiger partial charge in [0.15, 0.2) is 0 Å². The van der Waals surface area contributed by atoms with E-state index >= 15 is 0 Å². The fourth-order valence-corrected chi connectivity index (χ4v) is 3.26. The molecule has 1 saturated heterocycles. The van der Waals surface area contributed by atoms with Gasteiger partial charge in [0.1, 0.15) is 0 Å². The van der Waals surface area contributed by atoms with Crippen LogP contribution in [-0.4, -0.2) is 37.0 Å². The molecule has 2 rings (SSSR count). The molecule has 1 heterocycles. The molecule has 0 spiro atoms. The van der Waals surface area contributed by atoms with E-state index in [1.807, 2.05) is 4.90 Å². The van der Waals surface area contributed by atoms with Crippen LogP contribution in [0.4, 0.5) is 0 Å². The Kier molecular flexibility index (Phi) is 4.05. The number of nitrogens with two attached hydrogens (primary N) is 2. The molecule has 0 aromatic heterocycles. The van der Waals surface area contributed by atoms with Gasteiger partial charge in [0, 0.05) is 19.6 Å². The molecule has 1 amide bonds. The SMILES string of the molecule is NCC1CCN(C(=O)C2(CN)CCCC2)CC1. The standard InChI is InChI=1S/C13H25N3O/c14-9-11-3-7-16(8-4-11)12(17)13(10-15)5-1-2-6-13/h11H,1-10,14-15H2. The lowest BCUT2D eigenvalue weighted by Crippen LogP contribution is -2.49. The highest BCUT2D eigenvalue weighted by Gasteiger charge is 2.42. The number of carbonyl (C=O) groups excluding carboxylic acids is 1. The van der Waals surface area contributed by atoms with E-state index in [-0.39, 0.29) is 5.41 Å². The van der Waals surface area contributed by atoms with E-state index in [4.69, 9.17) is 11.5 Å². The Balaban J connectivity index is 1.96. The minimum Gasteiger partial charge on any atom is -0.342 e. The molecular formula is C13H25N3O. The van der Waals surface area contributed by atoms with Crippen LogP contribution in [0.5, 0.6) is 0 Å². The number of nitrogens with zero attached hydrogens (tertiary/aromatic N) is 1. The number of likely N-dealkylation sites (tertiary alicyclic amines) is 1. The Bertz CT molecular complexity index is 266. The first-order valence-corrected chi connectivity index (χ1v) is 6.91. The van der Waals surface area contributed by atoms with Gasteiger partial charge in [-0.05, 0) is 38.1 Å². The Morgan fingerprint density at radius 1 is 1.18 bits per heavy atom. The summed E-state index contributed by atoms with van der Waals surface area (Å²) < 4.78 is 0. The van der Waals surface area contributed by atoms with Gasteiger partial charge in [0.25, 0.3) is 0 Å². The summed E-state index contributed by atoms with van der Waals surface area (Å²) in [6.07, 6.45) is 6.40. The van der Waals surface area contributed by atoms with Gasteiger partial charge < -0.3 is 16.4 Å². The first kappa shape index (κ1) is 12.8. The van der Waals surface area contributed by atoms with Crippen molar-refractivity contribution in [3.05, 3.63) is 0 Å². The molecule has 0 radical (unpaired) electrons. The van der Waals surface area contributed by atoms with Crippen molar-refractivity contribution in [3.8, 4) is 0 Å². The molecule has 4 N–H and O–H groups in total. The number of amides is 1. The van der Waals surface area contributed by atoms with E-state index in [2.05, 4.69) is 0 Å². The van der Waals surface area contributed by atoms with Crippen LogP contribution in [0.3, 0.4) is 0 Å². The summed E-state index contributed by atoms with van der Waals surface area (Å²) >= 11 is 0. The maximum absolute atomic E-state index is 12.6. The summed E-state index contributed by atoms with van der Waals surface area (Å²) in [7, 11) is 0. The molecule has 2 fully saturated rings. The zero-order valence-corrected chi connectivity index (χ0v) is 10.7. The van der Waals surface area contributed by atoms with Gasteiger partial charge in [-0.3, -0.25) is 4.79 Å². The lowest BCUT2D eigenvalue weighted by Gasteiger charge is -2.37. The van der Waals surface area contributed by atoms with Crippen LogP contribution in [0.2, 0.25) is 0 Å². The quantitative estimate of drug-likeness (QED) is 0.761. The highest BCUT2D eigenvalue weighted by atomic mass is 16.2. The largest absolute Gasteiger partial charge is 0.342 e. The molecule has 17 heavy (non-hydrogen) atoms. The average Bonchev–Trinajstić information content (AvgIpc) is 2.88. The molecule has 0 aromatic carbocycles. The lowest BCUT2D eigenvalue weighted by molar-refractivity contribution is -0.142. The third-order valence-electron chi connectivity index (χ3n) is 4.64. The minimum absolute atomic E-state index is 0.227. The predicted molar refractivity (Wildman–Crippen MR) is 68.3 cm³/mol. The molecule has 4 nitrogen and oxygen atoms in total. The number of piperidine rings is 1. The fourth-order valence-electron chi connectivity index (χ4n) is 3.26. The van der Waals surface area contributed by atoms with Crippen molar-refractivity contribution >= 4 is 5.91 Å². The summed E-state index contributed by atoms with van der Waals surface area (Å²) in [5.74, 6) is 0.921. The zero-order chi connectivity index (χ0) is 12.3. The first-order valence-electron chi connectivity index (χ1n) is 6.91. The Morgan fingerprint density at radius 3 is 2.24 bits per heavy atom. The topological polar surface area (TPSA) is 72.3 Å². The lowest BCUT2D eigenvalue weighted by atomic mass is 9.83. The normalized spacial score (nSPS) is 25.2. The van der Waals surface area contributed by atoms with Gasteiger partial charge in [0.2, 0.25) is 5.91 Å². The zero-order valence-electron chi connectivity index (χ0n) is 10.7. The van der Waals surface area contributed by atoms with Crippen molar-refractivity contribution < 1.29 is 4.79 Å². The molecule has 1 saturated carbocycles. The van der Waals surface area contributed by atoms with Crippen molar-refractivity contribution in [1.82, 2.24) is 4.90 Å². The number of hydrogen-bond acceptors (Lipinski definition) is 3. The summed E-state index contributed by atoms with van der Waals surface area (Å²) in [5, 5.41) is 0. The first-order chi connectivity index (χ1) is 8.22. The molecular weight excluding hydrogens is 214 g/mol. The van der Waals surface area contributed by atoms with E-state index < -0.39 is 0 Å². The Morgan fingerprint density at radius 2 is 1.76 bits per heavy atom. The second-order valence-electron chi connectivity index (χ2n) is 5.66. The third-order valence-corrected chi connectivity index (χ3v) is 4.64.